The van der Waals surface area contributed by atoms with Gasteiger partial charge in [0.25, 0.3) is 0 Å². The highest BCUT2D eigenvalue weighted by Crippen LogP contribution is 2.59. The zero-order chi connectivity index (χ0) is 13.4. The summed E-state index contributed by atoms with van der Waals surface area (Å²) in [4.78, 5) is 0. The van der Waals surface area contributed by atoms with Gasteiger partial charge in [0.05, 0.1) is 7.11 Å². The first kappa shape index (κ1) is 13.4. The summed E-state index contributed by atoms with van der Waals surface area (Å²) >= 11 is 3.56. The van der Waals surface area contributed by atoms with Gasteiger partial charge in [-0.1, -0.05) is 22.4 Å². The maximum atomic E-state index is 5.49. The van der Waals surface area contributed by atoms with Gasteiger partial charge in [0.1, 0.15) is 5.75 Å². The monoisotopic (exact) mass is 323 g/mol. The fraction of sp³-hybridized carbons (Fsp3) is 0.625. The Morgan fingerprint density at radius 3 is 2.74 bits per heavy atom. The van der Waals surface area contributed by atoms with Crippen molar-refractivity contribution in [2.45, 2.75) is 31.7 Å². The van der Waals surface area contributed by atoms with E-state index >= 15 is 0 Å². The quantitative estimate of drug-likeness (QED) is 0.893. The summed E-state index contributed by atoms with van der Waals surface area (Å²) in [5.74, 6) is 3.89. The predicted molar refractivity (Wildman–Crippen MR) is 81.6 cm³/mol. The number of methoxy groups -OCH3 is 1. The van der Waals surface area contributed by atoms with Gasteiger partial charge >= 0.3 is 0 Å². The largest absolute Gasteiger partial charge is 0.496 e. The van der Waals surface area contributed by atoms with Gasteiger partial charge in [-0.2, -0.15) is 0 Å². The minimum atomic E-state index is 0.596. The molecule has 0 aliphatic heterocycles. The van der Waals surface area contributed by atoms with E-state index in [1.165, 1.54) is 24.8 Å². The Hall–Kier alpha value is -0.540. The second-order valence-electron chi connectivity index (χ2n) is 5.89. The highest BCUT2D eigenvalue weighted by molar-refractivity contribution is 9.10. The van der Waals surface area contributed by atoms with E-state index in [2.05, 4.69) is 40.4 Å². The van der Waals surface area contributed by atoms with Crippen molar-refractivity contribution < 1.29 is 4.74 Å². The summed E-state index contributed by atoms with van der Waals surface area (Å²) in [6.45, 7) is 0. The standard InChI is InChI=1S/C16H22BrNO/c1-18-14(16-12-4-3-5-13(12)16)9-10-8-11(17)6-7-15(10)19-2/h6-8,12-14,16,18H,3-5,9H2,1-2H3. The second kappa shape index (κ2) is 5.45. The van der Waals surface area contributed by atoms with Crippen molar-refractivity contribution >= 4 is 15.9 Å². The molecule has 2 aliphatic carbocycles. The van der Waals surface area contributed by atoms with E-state index in [-0.39, 0.29) is 0 Å². The molecule has 0 bridgehead atoms. The topological polar surface area (TPSA) is 21.3 Å². The van der Waals surface area contributed by atoms with Gasteiger partial charge in [0, 0.05) is 10.5 Å². The summed E-state index contributed by atoms with van der Waals surface area (Å²) in [5, 5.41) is 3.54. The first-order valence-corrected chi connectivity index (χ1v) is 8.03. The summed E-state index contributed by atoms with van der Waals surface area (Å²) < 4.78 is 6.62. The number of nitrogens with one attached hydrogen (secondary N) is 1. The first-order valence-electron chi connectivity index (χ1n) is 7.24. The maximum absolute atomic E-state index is 5.49. The maximum Gasteiger partial charge on any atom is 0.122 e. The molecule has 0 aromatic heterocycles. The summed E-state index contributed by atoms with van der Waals surface area (Å²) in [6.07, 6.45) is 5.41. The van der Waals surface area contributed by atoms with Crippen LogP contribution in [0.4, 0.5) is 0 Å². The lowest BCUT2D eigenvalue weighted by atomic mass is 9.97. The van der Waals surface area contributed by atoms with Gasteiger partial charge in [-0.15, -0.1) is 0 Å². The van der Waals surface area contributed by atoms with Crippen molar-refractivity contribution in [3.05, 3.63) is 28.2 Å². The summed E-state index contributed by atoms with van der Waals surface area (Å²) in [6, 6.07) is 6.89. The van der Waals surface area contributed by atoms with E-state index in [4.69, 9.17) is 4.74 Å². The average Bonchev–Trinajstić information content (AvgIpc) is 2.88. The smallest absolute Gasteiger partial charge is 0.122 e. The highest BCUT2D eigenvalue weighted by Gasteiger charge is 2.55. The van der Waals surface area contributed by atoms with Crippen molar-refractivity contribution in [1.29, 1.82) is 0 Å². The zero-order valence-electron chi connectivity index (χ0n) is 11.7. The lowest BCUT2D eigenvalue weighted by Gasteiger charge is -2.20. The molecule has 3 atom stereocenters. The number of likely N-dealkylation sites (N-methyl/N-ethyl adjacent to an activating group) is 1. The van der Waals surface area contributed by atoms with Crippen LogP contribution in [0.5, 0.6) is 5.75 Å². The van der Waals surface area contributed by atoms with Gasteiger partial charge < -0.3 is 10.1 Å². The van der Waals surface area contributed by atoms with E-state index in [1.54, 1.807) is 7.11 Å². The van der Waals surface area contributed by atoms with Crippen molar-refractivity contribution in [3.8, 4) is 5.75 Å². The highest BCUT2D eigenvalue weighted by atomic mass is 79.9. The molecule has 1 aromatic carbocycles. The number of hydrogen-bond acceptors (Lipinski definition) is 2. The van der Waals surface area contributed by atoms with Gasteiger partial charge in [-0.25, -0.2) is 0 Å². The predicted octanol–water partition coefficient (Wildman–Crippen LogP) is 3.63. The Morgan fingerprint density at radius 1 is 1.37 bits per heavy atom. The van der Waals surface area contributed by atoms with E-state index < -0.39 is 0 Å². The fourth-order valence-electron chi connectivity index (χ4n) is 4.05. The molecule has 2 aliphatic rings. The molecule has 0 heterocycles. The van der Waals surface area contributed by atoms with E-state index in [0.29, 0.717) is 6.04 Å². The molecule has 2 nitrogen and oxygen atoms in total. The van der Waals surface area contributed by atoms with E-state index in [9.17, 15) is 0 Å². The Morgan fingerprint density at radius 2 is 2.11 bits per heavy atom. The van der Waals surface area contributed by atoms with Gasteiger partial charge in [0.2, 0.25) is 0 Å². The molecule has 0 saturated heterocycles. The van der Waals surface area contributed by atoms with Crippen LogP contribution in [0.15, 0.2) is 22.7 Å². The molecule has 0 spiro atoms. The lowest BCUT2D eigenvalue weighted by Crippen LogP contribution is -2.31. The molecule has 1 aromatic rings. The van der Waals surface area contributed by atoms with Crippen LogP contribution in [0.25, 0.3) is 0 Å². The molecule has 2 fully saturated rings. The Balaban J connectivity index is 1.74. The molecule has 104 valence electrons. The van der Waals surface area contributed by atoms with Crippen LogP contribution in [0.1, 0.15) is 24.8 Å². The molecule has 19 heavy (non-hydrogen) atoms. The van der Waals surface area contributed by atoms with Crippen LogP contribution in [0, 0.1) is 17.8 Å². The van der Waals surface area contributed by atoms with Crippen LogP contribution < -0.4 is 10.1 Å². The van der Waals surface area contributed by atoms with Crippen LogP contribution in [0.3, 0.4) is 0 Å². The number of benzene rings is 1. The van der Waals surface area contributed by atoms with E-state index in [1.807, 2.05) is 6.07 Å². The van der Waals surface area contributed by atoms with Crippen molar-refractivity contribution in [3.63, 3.8) is 0 Å². The average molecular weight is 324 g/mol. The molecule has 3 rings (SSSR count). The number of hydrogen-bond donors (Lipinski definition) is 1. The van der Waals surface area contributed by atoms with Gasteiger partial charge in [0.15, 0.2) is 0 Å². The minimum Gasteiger partial charge on any atom is -0.496 e. The third-order valence-electron chi connectivity index (χ3n) is 4.99. The fourth-order valence-corrected chi connectivity index (χ4v) is 4.46. The molecule has 3 heteroatoms. The lowest BCUT2D eigenvalue weighted by molar-refractivity contribution is 0.393. The first-order chi connectivity index (χ1) is 9.24. The summed E-state index contributed by atoms with van der Waals surface area (Å²) in [7, 11) is 3.86. The van der Waals surface area contributed by atoms with E-state index in [0.717, 1.165) is 34.4 Å². The molecular weight excluding hydrogens is 302 g/mol. The molecule has 0 amide bonds. The number of rotatable bonds is 5. The Labute approximate surface area is 124 Å². The molecule has 0 radical (unpaired) electrons. The zero-order valence-corrected chi connectivity index (χ0v) is 13.2. The van der Waals surface area contributed by atoms with Crippen molar-refractivity contribution in [2.75, 3.05) is 14.2 Å². The van der Waals surface area contributed by atoms with Crippen LogP contribution in [0.2, 0.25) is 0 Å². The number of fused-ring (bicyclic) bond motifs is 1. The number of halogens is 1. The Bertz CT molecular complexity index is 452. The van der Waals surface area contributed by atoms with Crippen LogP contribution >= 0.6 is 15.9 Å². The SMILES string of the molecule is CNC(Cc1cc(Br)ccc1OC)C1C2CCCC21. The van der Waals surface area contributed by atoms with Crippen LogP contribution in [-0.2, 0) is 6.42 Å². The van der Waals surface area contributed by atoms with Gasteiger partial charge in [-0.05, 0) is 67.8 Å². The molecule has 3 unspecified atom stereocenters. The molecule has 2 saturated carbocycles. The van der Waals surface area contributed by atoms with Crippen molar-refractivity contribution in [2.24, 2.45) is 17.8 Å². The normalized spacial score (nSPS) is 29.9. The molecular formula is C16H22BrNO. The third-order valence-corrected chi connectivity index (χ3v) is 5.48. The molecule has 1 N–H and O–H groups in total. The Kier molecular flexibility index (Phi) is 3.86. The van der Waals surface area contributed by atoms with Crippen molar-refractivity contribution in [1.82, 2.24) is 5.32 Å². The third kappa shape index (κ3) is 2.55. The minimum absolute atomic E-state index is 0.596. The van der Waals surface area contributed by atoms with Gasteiger partial charge in [-0.3, -0.25) is 0 Å². The number of ether oxygens (including phenoxy) is 1. The van der Waals surface area contributed by atoms with Crippen LogP contribution in [-0.4, -0.2) is 20.2 Å². The summed E-state index contributed by atoms with van der Waals surface area (Å²) in [5.41, 5.74) is 1.31. The second-order valence-corrected chi connectivity index (χ2v) is 6.81.